The van der Waals surface area contributed by atoms with Crippen molar-refractivity contribution in [2.75, 3.05) is 19.6 Å². The summed E-state index contributed by atoms with van der Waals surface area (Å²) in [5, 5.41) is 2.91. The summed E-state index contributed by atoms with van der Waals surface area (Å²) in [6.07, 6.45) is 4.95. The summed E-state index contributed by atoms with van der Waals surface area (Å²) in [6.45, 7) is 8.67. The zero-order valence-corrected chi connectivity index (χ0v) is 12.2. The first-order valence-corrected chi connectivity index (χ1v) is 6.68. The second kappa shape index (κ2) is 6.70. The second-order valence-corrected chi connectivity index (χ2v) is 5.73. The van der Waals surface area contributed by atoms with E-state index in [4.69, 9.17) is 4.74 Å². The Bertz CT molecular complexity index is 358. The number of hydrogen-bond acceptors (Lipinski definition) is 4. The normalized spacial score (nSPS) is 17.2. The zero-order chi connectivity index (χ0) is 14.5. The van der Waals surface area contributed by atoms with Gasteiger partial charge >= 0.3 is 5.97 Å². The van der Waals surface area contributed by atoms with Crippen molar-refractivity contribution < 1.29 is 14.3 Å². The van der Waals surface area contributed by atoms with Crippen molar-refractivity contribution in [2.45, 2.75) is 45.8 Å². The van der Waals surface area contributed by atoms with Crippen LogP contribution < -0.4 is 5.32 Å². The van der Waals surface area contributed by atoms with Crippen molar-refractivity contribution in [1.29, 1.82) is 0 Å². The molecular weight excluding hydrogens is 244 g/mol. The lowest BCUT2D eigenvalue weighted by Gasteiger charge is -2.27. The summed E-state index contributed by atoms with van der Waals surface area (Å²) in [5.74, 6) is -0.321. The molecule has 0 aromatic carbocycles. The lowest BCUT2D eigenvalue weighted by molar-refractivity contribution is -0.153. The monoisotopic (exact) mass is 268 g/mol. The van der Waals surface area contributed by atoms with Crippen molar-refractivity contribution in [3.63, 3.8) is 0 Å². The quantitative estimate of drug-likeness (QED) is 0.612. The number of ether oxygens (including phenoxy) is 1. The van der Waals surface area contributed by atoms with Crippen LogP contribution in [-0.4, -0.2) is 48.1 Å². The van der Waals surface area contributed by atoms with Gasteiger partial charge in [-0.25, -0.2) is 0 Å². The number of nitrogens with one attached hydrogen (secondary N) is 1. The molecule has 1 aliphatic rings. The van der Waals surface area contributed by atoms with E-state index in [9.17, 15) is 9.59 Å². The van der Waals surface area contributed by atoms with Crippen LogP contribution in [0.1, 0.15) is 34.1 Å². The molecule has 1 heterocycles. The molecule has 5 heteroatoms. The van der Waals surface area contributed by atoms with E-state index in [0.29, 0.717) is 6.54 Å². The van der Waals surface area contributed by atoms with E-state index in [-0.39, 0.29) is 24.5 Å². The third kappa shape index (κ3) is 5.87. The Hall–Kier alpha value is -1.36. The van der Waals surface area contributed by atoms with Crippen LogP contribution in [0.25, 0.3) is 0 Å². The highest BCUT2D eigenvalue weighted by Crippen LogP contribution is 2.07. The molecule has 0 fully saturated rings. The second-order valence-electron chi connectivity index (χ2n) is 5.73. The van der Waals surface area contributed by atoms with Gasteiger partial charge in [-0.1, -0.05) is 12.2 Å². The van der Waals surface area contributed by atoms with E-state index in [1.54, 1.807) is 11.8 Å². The molecule has 0 aliphatic carbocycles. The summed E-state index contributed by atoms with van der Waals surface area (Å²) < 4.78 is 5.18. The smallest absolute Gasteiger partial charge is 0.320 e. The molecule has 108 valence electrons. The molecule has 1 aliphatic heterocycles. The highest BCUT2D eigenvalue weighted by Gasteiger charge is 2.22. The molecule has 0 unspecified atom stereocenters. The molecule has 0 aromatic heterocycles. The minimum absolute atomic E-state index is 0.0212. The van der Waals surface area contributed by atoms with Crippen molar-refractivity contribution >= 4 is 11.9 Å². The number of amides is 1. The number of hydrogen-bond donors (Lipinski definition) is 1. The molecule has 19 heavy (non-hydrogen) atoms. The van der Waals surface area contributed by atoms with Crippen LogP contribution in [0.4, 0.5) is 0 Å². The zero-order valence-electron chi connectivity index (χ0n) is 12.2. The number of rotatable bonds is 4. The van der Waals surface area contributed by atoms with Crippen LogP contribution in [-0.2, 0) is 14.3 Å². The summed E-state index contributed by atoms with van der Waals surface area (Å²) >= 11 is 0. The molecule has 0 radical (unpaired) electrons. The first-order chi connectivity index (χ1) is 8.79. The van der Waals surface area contributed by atoms with Gasteiger partial charge in [0.2, 0.25) is 5.91 Å². The maximum Gasteiger partial charge on any atom is 0.320 e. The highest BCUT2D eigenvalue weighted by molar-refractivity contribution is 5.82. The molecule has 0 bridgehead atoms. The molecular formula is C14H24N2O3. The molecule has 1 rings (SSSR count). The molecule has 0 aromatic rings. The molecule has 0 saturated heterocycles. The molecule has 5 nitrogen and oxygen atoms in total. The van der Waals surface area contributed by atoms with Crippen LogP contribution in [0.3, 0.4) is 0 Å². The minimum atomic E-state index is -0.496. The Labute approximate surface area is 115 Å². The Morgan fingerprint density at radius 2 is 2.05 bits per heavy atom. The average molecular weight is 268 g/mol. The topological polar surface area (TPSA) is 58.6 Å². The van der Waals surface area contributed by atoms with Gasteiger partial charge in [-0.3, -0.25) is 14.9 Å². The van der Waals surface area contributed by atoms with Crippen LogP contribution in [0.2, 0.25) is 0 Å². The standard InChI is InChI=1S/C14H24N2O3/c1-11(13(18)16-8-6-5-7-9-16)15-10-12(17)19-14(2,3)4/h5-6,11,15H,7-10H2,1-4H3/t11-/m0/s1. The fourth-order valence-electron chi connectivity index (χ4n) is 1.82. The Morgan fingerprint density at radius 3 is 2.58 bits per heavy atom. The molecule has 0 saturated carbocycles. The van der Waals surface area contributed by atoms with E-state index < -0.39 is 5.60 Å². The third-order valence-electron chi connectivity index (χ3n) is 2.71. The van der Waals surface area contributed by atoms with E-state index in [1.165, 1.54) is 0 Å². The lowest BCUT2D eigenvalue weighted by atomic mass is 10.2. The SMILES string of the molecule is C[C@H](NCC(=O)OC(C)(C)C)C(=O)N1CC=CCC1. The first kappa shape index (κ1) is 15.7. The van der Waals surface area contributed by atoms with Gasteiger partial charge < -0.3 is 9.64 Å². The fraction of sp³-hybridized carbons (Fsp3) is 0.714. The Kier molecular flexibility index (Phi) is 5.54. The number of nitrogens with zero attached hydrogens (tertiary/aromatic N) is 1. The van der Waals surface area contributed by atoms with E-state index in [1.807, 2.05) is 26.8 Å². The summed E-state index contributed by atoms with van der Waals surface area (Å²) in [6, 6.07) is -0.376. The van der Waals surface area contributed by atoms with Crippen molar-refractivity contribution in [1.82, 2.24) is 10.2 Å². The van der Waals surface area contributed by atoms with Gasteiger partial charge in [-0.2, -0.15) is 0 Å². The number of carbonyl (C=O) groups excluding carboxylic acids is 2. The average Bonchev–Trinajstić information content (AvgIpc) is 2.34. The predicted octanol–water partition coefficient (Wildman–Crippen LogP) is 1.09. The fourth-order valence-corrected chi connectivity index (χ4v) is 1.82. The van der Waals surface area contributed by atoms with Crippen molar-refractivity contribution in [3.05, 3.63) is 12.2 Å². The van der Waals surface area contributed by atoms with Crippen LogP contribution >= 0.6 is 0 Å². The maximum atomic E-state index is 12.1. The molecule has 1 atom stereocenters. The predicted molar refractivity (Wildman–Crippen MR) is 73.6 cm³/mol. The van der Waals surface area contributed by atoms with Crippen LogP contribution in [0.5, 0.6) is 0 Å². The molecule has 1 amide bonds. The van der Waals surface area contributed by atoms with Crippen molar-refractivity contribution in [2.24, 2.45) is 0 Å². The van der Waals surface area contributed by atoms with Gasteiger partial charge in [0, 0.05) is 13.1 Å². The van der Waals surface area contributed by atoms with E-state index in [0.717, 1.165) is 13.0 Å². The largest absolute Gasteiger partial charge is 0.459 e. The van der Waals surface area contributed by atoms with Gasteiger partial charge in [0.25, 0.3) is 0 Å². The lowest BCUT2D eigenvalue weighted by Crippen LogP contribution is -2.47. The third-order valence-corrected chi connectivity index (χ3v) is 2.71. The molecule has 1 N–H and O–H groups in total. The van der Waals surface area contributed by atoms with Crippen LogP contribution in [0, 0.1) is 0 Å². The summed E-state index contributed by atoms with van der Waals surface area (Å²) in [4.78, 5) is 25.4. The number of carbonyl (C=O) groups is 2. The van der Waals surface area contributed by atoms with Gasteiger partial charge in [-0.15, -0.1) is 0 Å². The van der Waals surface area contributed by atoms with E-state index in [2.05, 4.69) is 11.4 Å². The van der Waals surface area contributed by atoms with Crippen molar-refractivity contribution in [3.8, 4) is 0 Å². The number of esters is 1. The minimum Gasteiger partial charge on any atom is -0.459 e. The van der Waals surface area contributed by atoms with E-state index >= 15 is 0 Å². The maximum absolute atomic E-state index is 12.1. The summed E-state index contributed by atoms with van der Waals surface area (Å²) in [5.41, 5.74) is -0.496. The highest BCUT2D eigenvalue weighted by atomic mass is 16.6. The van der Waals surface area contributed by atoms with Gasteiger partial charge in [0.1, 0.15) is 5.60 Å². The van der Waals surface area contributed by atoms with Gasteiger partial charge in [0.15, 0.2) is 0 Å². The van der Waals surface area contributed by atoms with Crippen LogP contribution in [0.15, 0.2) is 12.2 Å². The molecule has 0 spiro atoms. The Morgan fingerprint density at radius 1 is 1.37 bits per heavy atom. The Balaban J connectivity index is 2.34. The summed E-state index contributed by atoms with van der Waals surface area (Å²) in [7, 11) is 0. The first-order valence-electron chi connectivity index (χ1n) is 6.68. The van der Waals surface area contributed by atoms with Gasteiger partial charge in [0.05, 0.1) is 12.6 Å². The van der Waals surface area contributed by atoms with Gasteiger partial charge in [-0.05, 0) is 34.1 Å².